The average Bonchev–Trinajstić information content (AvgIpc) is 2.33. The minimum atomic E-state index is 0.249. The van der Waals surface area contributed by atoms with E-state index in [1.54, 1.807) is 6.07 Å². The molecule has 0 atom stereocenters. The van der Waals surface area contributed by atoms with Gasteiger partial charge in [0.05, 0.1) is 10.6 Å². The maximum absolute atomic E-state index is 8.74. The van der Waals surface area contributed by atoms with Crippen LogP contribution in [0, 0.1) is 0 Å². The zero-order valence-corrected chi connectivity index (χ0v) is 12.1. The number of aliphatic hydroxyl groups is 1. The Morgan fingerprint density at radius 3 is 2.72 bits per heavy atom. The number of halogens is 1. The number of nitrogens with two attached hydrogens (primary N) is 1. The minimum absolute atomic E-state index is 0.249. The fourth-order valence-corrected chi connectivity index (χ4v) is 2.37. The molecule has 0 saturated carbocycles. The van der Waals surface area contributed by atoms with Gasteiger partial charge in [0.15, 0.2) is 0 Å². The summed E-state index contributed by atoms with van der Waals surface area (Å²) in [6, 6.07) is 5.65. The highest BCUT2D eigenvalue weighted by atomic mass is 35.5. The standard InChI is InChI=1S/C13H19ClN2OS/c1-16(8-3-2-4-9-17)11-7-5-6-10(14)12(11)13(15)18/h5-7,17H,2-4,8-9H2,1H3,(H2,15,18). The lowest BCUT2D eigenvalue weighted by Crippen LogP contribution is -2.23. The third-order valence-corrected chi connectivity index (χ3v) is 3.32. The molecular weight excluding hydrogens is 268 g/mol. The average molecular weight is 287 g/mol. The van der Waals surface area contributed by atoms with Crippen molar-refractivity contribution < 1.29 is 5.11 Å². The van der Waals surface area contributed by atoms with Crippen LogP contribution >= 0.6 is 23.8 Å². The molecule has 3 nitrogen and oxygen atoms in total. The normalized spacial score (nSPS) is 10.4. The summed E-state index contributed by atoms with van der Waals surface area (Å²) >= 11 is 11.2. The van der Waals surface area contributed by atoms with Crippen molar-refractivity contribution in [2.24, 2.45) is 5.73 Å². The molecule has 0 unspecified atom stereocenters. The van der Waals surface area contributed by atoms with Crippen LogP contribution in [0.4, 0.5) is 5.69 Å². The molecule has 100 valence electrons. The summed E-state index contributed by atoms with van der Waals surface area (Å²) in [6.07, 6.45) is 2.86. The second kappa shape index (κ2) is 7.56. The van der Waals surface area contributed by atoms with Crippen molar-refractivity contribution in [3.05, 3.63) is 28.8 Å². The van der Waals surface area contributed by atoms with E-state index in [-0.39, 0.29) is 6.61 Å². The lowest BCUT2D eigenvalue weighted by molar-refractivity contribution is 0.283. The highest BCUT2D eigenvalue weighted by Crippen LogP contribution is 2.27. The molecule has 5 heteroatoms. The first kappa shape index (κ1) is 15.2. The molecule has 0 aliphatic rings. The van der Waals surface area contributed by atoms with Crippen LogP contribution in [0.2, 0.25) is 5.02 Å². The number of nitrogens with zero attached hydrogens (tertiary/aromatic N) is 1. The molecule has 18 heavy (non-hydrogen) atoms. The van der Waals surface area contributed by atoms with E-state index in [1.165, 1.54) is 0 Å². The number of unbranched alkanes of at least 4 members (excludes halogenated alkanes) is 2. The maximum atomic E-state index is 8.74. The summed E-state index contributed by atoms with van der Waals surface area (Å²) < 4.78 is 0. The Balaban J connectivity index is 2.76. The van der Waals surface area contributed by atoms with Crippen LogP contribution in [-0.4, -0.2) is 30.3 Å². The van der Waals surface area contributed by atoms with Crippen molar-refractivity contribution in [3.8, 4) is 0 Å². The Bertz CT molecular complexity index is 412. The van der Waals surface area contributed by atoms with Gasteiger partial charge >= 0.3 is 0 Å². The monoisotopic (exact) mass is 286 g/mol. The lowest BCUT2D eigenvalue weighted by Gasteiger charge is -2.22. The predicted octanol–water partition coefficient (Wildman–Crippen LogP) is 2.57. The second-order valence-electron chi connectivity index (χ2n) is 4.20. The zero-order valence-electron chi connectivity index (χ0n) is 10.5. The van der Waals surface area contributed by atoms with E-state index in [0.717, 1.165) is 37.1 Å². The van der Waals surface area contributed by atoms with Gasteiger partial charge in [-0.05, 0) is 31.4 Å². The number of hydrogen-bond donors (Lipinski definition) is 2. The molecule has 0 aromatic heterocycles. The third-order valence-electron chi connectivity index (χ3n) is 2.80. The number of hydrogen-bond acceptors (Lipinski definition) is 3. The quantitative estimate of drug-likeness (QED) is 0.597. The largest absolute Gasteiger partial charge is 0.396 e. The number of thiocarbonyl (C=S) groups is 1. The molecule has 1 rings (SSSR count). The Morgan fingerprint density at radius 2 is 2.11 bits per heavy atom. The van der Waals surface area contributed by atoms with Crippen molar-refractivity contribution in [3.63, 3.8) is 0 Å². The van der Waals surface area contributed by atoms with Crippen LogP contribution in [0.1, 0.15) is 24.8 Å². The lowest BCUT2D eigenvalue weighted by atomic mass is 10.1. The van der Waals surface area contributed by atoms with E-state index in [9.17, 15) is 0 Å². The summed E-state index contributed by atoms with van der Waals surface area (Å²) in [7, 11) is 1.99. The van der Waals surface area contributed by atoms with E-state index in [1.807, 2.05) is 19.2 Å². The van der Waals surface area contributed by atoms with Crippen molar-refractivity contribution in [2.75, 3.05) is 25.1 Å². The van der Waals surface area contributed by atoms with E-state index in [0.29, 0.717) is 10.0 Å². The molecule has 0 saturated heterocycles. The van der Waals surface area contributed by atoms with Crippen molar-refractivity contribution in [1.29, 1.82) is 0 Å². The van der Waals surface area contributed by atoms with Crippen LogP contribution in [0.25, 0.3) is 0 Å². The molecule has 0 aliphatic carbocycles. The summed E-state index contributed by atoms with van der Waals surface area (Å²) in [5.74, 6) is 0. The van der Waals surface area contributed by atoms with E-state index >= 15 is 0 Å². The van der Waals surface area contributed by atoms with Gasteiger partial charge in [0, 0.05) is 25.9 Å². The summed E-state index contributed by atoms with van der Waals surface area (Å²) in [5, 5.41) is 9.32. The number of benzene rings is 1. The van der Waals surface area contributed by atoms with Crippen LogP contribution in [-0.2, 0) is 0 Å². The van der Waals surface area contributed by atoms with Crippen LogP contribution in [0.3, 0.4) is 0 Å². The molecule has 0 spiro atoms. The molecule has 0 amide bonds. The first-order chi connectivity index (χ1) is 8.57. The molecule has 0 heterocycles. The molecule has 3 N–H and O–H groups in total. The van der Waals surface area contributed by atoms with Crippen LogP contribution in [0.5, 0.6) is 0 Å². The highest BCUT2D eigenvalue weighted by Gasteiger charge is 2.12. The highest BCUT2D eigenvalue weighted by molar-refractivity contribution is 7.80. The van der Waals surface area contributed by atoms with Gasteiger partial charge in [-0.3, -0.25) is 0 Å². The van der Waals surface area contributed by atoms with Gasteiger partial charge in [-0.25, -0.2) is 0 Å². The fraction of sp³-hybridized carbons (Fsp3) is 0.462. The van der Waals surface area contributed by atoms with Gasteiger partial charge in [-0.1, -0.05) is 29.9 Å². The van der Waals surface area contributed by atoms with Crippen molar-refractivity contribution in [2.45, 2.75) is 19.3 Å². The SMILES string of the molecule is CN(CCCCCO)c1cccc(Cl)c1C(N)=S. The Labute approximate surface area is 119 Å². The molecule has 0 radical (unpaired) electrons. The first-order valence-corrected chi connectivity index (χ1v) is 6.77. The molecule has 1 aromatic carbocycles. The maximum Gasteiger partial charge on any atom is 0.107 e. The van der Waals surface area contributed by atoms with Crippen molar-refractivity contribution >= 4 is 34.5 Å². The van der Waals surface area contributed by atoms with E-state index in [4.69, 9.17) is 34.7 Å². The van der Waals surface area contributed by atoms with Gasteiger partial charge in [0.1, 0.15) is 4.99 Å². The fourth-order valence-electron chi connectivity index (χ4n) is 1.83. The predicted molar refractivity (Wildman–Crippen MR) is 81.5 cm³/mol. The smallest absolute Gasteiger partial charge is 0.107 e. The number of anilines is 1. The van der Waals surface area contributed by atoms with Gasteiger partial charge < -0.3 is 15.7 Å². The molecule has 0 fully saturated rings. The molecule has 0 bridgehead atoms. The third kappa shape index (κ3) is 4.12. The number of rotatable bonds is 7. The van der Waals surface area contributed by atoms with E-state index in [2.05, 4.69) is 4.90 Å². The van der Waals surface area contributed by atoms with Gasteiger partial charge in [0.2, 0.25) is 0 Å². The molecule has 1 aromatic rings. The van der Waals surface area contributed by atoms with Gasteiger partial charge in [-0.2, -0.15) is 0 Å². The summed E-state index contributed by atoms with van der Waals surface area (Å²) in [5.41, 5.74) is 7.41. The van der Waals surface area contributed by atoms with E-state index < -0.39 is 0 Å². The topological polar surface area (TPSA) is 49.5 Å². The Morgan fingerprint density at radius 1 is 1.39 bits per heavy atom. The summed E-state index contributed by atoms with van der Waals surface area (Å²) in [6.45, 7) is 1.13. The number of aliphatic hydroxyl groups excluding tert-OH is 1. The molecular formula is C13H19ClN2OS. The first-order valence-electron chi connectivity index (χ1n) is 5.98. The van der Waals surface area contributed by atoms with Gasteiger partial charge in [0.25, 0.3) is 0 Å². The second-order valence-corrected chi connectivity index (χ2v) is 5.05. The van der Waals surface area contributed by atoms with Crippen molar-refractivity contribution in [1.82, 2.24) is 0 Å². The van der Waals surface area contributed by atoms with Crippen LogP contribution < -0.4 is 10.6 Å². The summed E-state index contributed by atoms with van der Waals surface area (Å²) in [4.78, 5) is 2.41. The van der Waals surface area contributed by atoms with Gasteiger partial charge in [-0.15, -0.1) is 0 Å². The Hall–Kier alpha value is -0.840. The molecule has 0 aliphatic heterocycles. The van der Waals surface area contributed by atoms with Crippen LogP contribution in [0.15, 0.2) is 18.2 Å². The minimum Gasteiger partial charge on any atom is -0.396 e. The Kier molecular flexibility index (Phi) is 6.39. The zero-order chi connectivity index (χ0) is 13.5.